The Bertz CT molecular complexity index is 697. The molecule has 0 amide bonds. The number of unbranched alkanes of at least 4 members (excludes halogenated alkanes) is 1. The molecule has 0 aliphatic carbocycles. The first-order valence-corrected chi connectivity index (χ1v) is 7.27. The standard InChI is InChI=1S/C16H16BrN/c1-2-3-11-18-15-10-5-4-7-12(15)13-8-6-9-14(17)16(13)18/h4-10H,2-3,11H2,1H3. The van der Waals surface area contributed by atoms with Crippen LogP contribution in [0.5, 0.6) is 0 Å². The molecule has 2 heteroatoms. The molecule has 1 heterocycles. The Balaban J connectivity index is 2.39. The van der Waals surface area contributed by atoms with Crippen molar-refractivity contribution in [2.45, 2.75) is 26.3 Å². The van der Waals surface area contributed by atoms with Crippen LogP contribution < -0.4 is 0 Å². The summed E-state index contributed by atoms with van der Waals surface area (Å²) in [5.74, 6) is 0. The van der Waals surface area contributed by atoms with Crippen molar-refractivity contribution in [1.82, 2.24) is 4.57 Å². The maximum Gasteiger partial charge on any atom is 0.0635 e. The van der Waals surface area contributed by atoms with Crippen molar-refractivity contribution in [1.29, 1.82) is 0 Å². The molecule has 0 atom stereocenters. The third-order valence-corrected chi connectivity index (χ3v) is 4.12. The van der Waals surface area contributed by atoms with Crippen LogP contribution in [0.15, 0.2) is 46.9 Å². The fourth-order valence-electron chi connectivity index (χ4n) is 2.61. The Kier molecular flexibility index (Phi) is 3.13. The largest absolute Gasteiger partial charge is 0.340 e. The van der Waals surface area contributed by atoms with E-state index in [4.69, 9.17) is 0 Å². The van der Waals surface area contributed by atoms with Crippen LogP contribution in [0.2, 0.25) is 0 Å². The van der Waals surface area contributed by atoms with E-state index in [0.717, 1.165) is 6.54 Å². The molecule has 0 aliphatic heterocycles. The molecule has 0 N–H and O–H groups in total. The predicted octanol–water partition coefficient (Wildman–Crippen LogP) is 5.36. The Hall–Kier alpha value is -1.28. The summed E-state index contributed by atoms with van der Waals surface area (Å²) in [6.45, 7) is 3.33. The number of halogens is 1. The van der Waals surface area contributed by atoms with Crippen molar-refractivity contribution in [3.05, 3.63) is 46.9 Å². The molecule has 0 aliphatic rings. The van der Waals surface area contributed by atoms with Gasteiger partial charge in [0.05, 0.1) is 5.52 Å². The second kappa shape index (κ2) is 4.77. The summed E-state index contributed by atoms with van der Waals surface area (Å²) in [7, 11) is 0. The van der Waals surface area contributed by atoms with Gasteiger partial charge in [0.25, 0.3) is 0 Å². The quantitative estimate of drug-likeness (QED) is 0.614. The van der Waals surface area contributed by atoms with E-state index in [1.54, 1.807) is 0 Å². The van der Waals surface area contributed by atoms with Crippen molar-refractivity contribution >= 4 is 37.7 Å². The summed E-state index contributed by atoms with van der Waals surface area (Å²) in [6, 6.07) is 15.1. The molecule has 0 fully saturated rings. The highest BCUT2D eigenvalue weighted by Crippen LogP contribution is 2.33. The van der Waals surface area contributed by atoms with E-state index in [1.807, 2.05) is 0 Å². The molecule has 0 saturated carbocycles. The average Bonchev–Trinajstić information content (AvgIpc) is 2.72. The lowest BCUT2D eigenvalue weighted by Crippen LogP contribution is -1.97. The first-order chi connectivity index (χ1) is 8.83. The summed E-state index contributed by atoms with van der Waals surface area (Å²) < 4.78 is 3.63. The van der Waals surface area contributed by atoms with Gasteiger partial charge in [-0.15, -0.1) is 0 Å². The zero-order valence-corrected chi connectivity index (χ0v) is 12.1. The van der Waals surface area contributed by atoms with Gasteiger partial charge in [-0.1, -0.05) is 43.7 Å². The third-order valence-electron chi connectivity index (χ3n) is 3.48. The van der Waals surface area contributed by atoms with Crippen LogP contribution in [0.25, 0.3) is 21.8 Å². The molecule has 0 radical (unpaired) electrons. The molecule has 3 rings (SSSR count). The van der Waals surface area contributed by atoms with Gasteiger partial charge in [-0.3, -0.25) is 0 Å². The maximum absolute atomic E-state index is 3.70. The van der Waals surface area contributed by atoms with Gasteiger partial charge in [0, 0.05) is 27.3 Å². The number of aromatic nitrogens is 1. The monoisotopic (exact) mass is 301 g/mol. The molecule has 1 nitrogen and oxygen atoms in total. The van der Waals surface area contributed by atoms with Crippen molar-refractivity contribution in [2.24, 2.45) is 0 Å². The molecular weight excluding hydrogens is 286 g/mol. The van der Waals surface area contributed by atoms with Crippen LogP contribution in [0.4, 0.5) is 0 Å². The highest BCUT2D eigenvalue weighted by Gasteiger charge is 2.11. The second-order valence-corrected chi connectivity index (χ2v) is 5.51. The number of hydrogen-bond donors (Lipinski definition) is 0. The maximum atomic E-state index is 3.70. The van der Waals surface area contributed by atoms with Crippen molar-refractivity contribution < 1.29 is 0 Å². The minimum absolute atomic E-state index is 1.09. The van der Waals surface area contributed by atoms with E-state index >= 15 is 0 Å². The number of benzene rings is 2. The number of rotatable bonds is 3. The van der Waals surface area contributed by atoms with E-state index in [0.29, 0.717) is 0 Å². The van der Waals surface area contributed by atoms with Crippen LogP contribution >= 0.6 is 15.9 Å². The number of para-hydroxylation sites is 2. The van der Waals surface area contributed by atoms with Crippen LogP contribution in [-0.2, 0) is 6.54 Å². The van der Waals surface area contributed by atoms with E-state index in [-0.39, 0.29) is 0 Å². The molecule has 0 spiro atoms. The molecule has 92 valence electrons. The number of aryl methyl sites for hydroxylation is 1. The van der Waals surface area contributed by atoms with Gasteiger partial charge >= 0.3 is 0 Å². The second-order valence-electron chi connectivity index (χ2n) is 4.66. The Labute approximate surface area is 116 Å². The molecular formula is C16H16BrN. The molecule has 0 bridgehead atoms. The zero-order valence-electron chi connectivity index (χ0n) is 10.5. The summed E-state index contributed by atoms with van der Waals surface area (Å²) in [6.07, 6.45) is 2.44. The van der Waals surface area contributed by atoms with E-state index in [1.165, 1.54) is 39.1 Å². The lowest BCUT2D eigenvalue weighted by atomic mass is 10.2. The van der Waals surface area contributed by atoms with Crippen LogP contribution in [0.3, 0.4) is 0 Å². The summed E-state index contributed by atoms with van der Waals surface area (Å²) in [4.78, 5) is 0. The summed E-state index contributed by atoms with van der Waals surface area (Å²) in [5, 5.41) is 2.70. The van der Waals surface area contributed by atoms with Crippen LogP contribution in [0, 0.1) is 0 Å². The normalized spacial score (nSPS) is 11.4. The van der Waals surface area contributed by atoms with Gasteiger partial charge in [0.15, 0.2) is 0 Å². The van der Waals surface area contributed by atoms with E-state index in [2.05, 4.69) is 69.9 Å². The first kappa shape index (κ1) is 11.8. The van der Waals surface area contributed by atoms with Gasteiger partial charge in [0.1, 0.15) is 0 Å². The highest BCUT2D eigenvalue weighted by atomic mass is 79.9. The predicted molar refractivity (Wildman–Crippen MR) is 82.1 cm³/mol. The minimum Gasteiger partial charge on any atom is -0.340 e. The lowest BCUT2D eigenvalue weighted by molar-refractivity contribution is 0.664. The lowest BCUT2D eigenvalue weighted by Gasteiger charge is -2.07. The van der Waals surface area contributed by atoms with E-state index in [9.17, 15) is 0 Å². The fraction of sp³-hybridized carbons (Fsp3) is 0.250. The Morgan fingerprint density at radius 2 is 1.78 bits per heavy atom. The summed E-state index contributed by atoms with van der Waals surface area (Å²) in [5.41, 5.74) is 2.67. The minimum atomic E-state index is 1.09. The van der Waals surface area contributed by atoms with Gasteiger partial charge < -0.3 is 4.57 Å². The van der Waals surface area contributed by atoms with Crippen LogP contribution in [-0.4, -0.2) is 4.57 Å². The summed E-state index contributed by atoms with van der Waals surface area (Å²) >= 11 is 3.70. The molecule has 3 aromatic rings. The smallest absolute Gasteiger partial charge is 0.0635 e. The van der Waals surface area contributed by atoms with Crippen molar-refractivity contribution in [3.8, 4) is 0 Å². The molecule has 18 heavy (non-hydrogen) atoms. The van der Waals surface area contributed by atoms with Gasteiger partial charge in [-0.25, -0.2) is 0 Å². The SMILES string of the molecule is CCCCn1c2ccccc2c2cccc(Br)c21. The van der Waals surface area contributed by atoms with Gasteiger partial charge in [-0.05, 0) is 34.5 Å². The first-order valence-electron chi connectivity index (χ1n) is 6.48. The van der Waals surface area contributed by atoms with Crippen molar-refractivity contribution in [3.63, 3.8) is 0 Å². The Morgan fingerprint density at radius 1 is 1.00 bits per heavy atom. The van der Waals surface area contributed by atoms with Gasteiger partial charge in [-0.2, -0.15) is 0 Å². The molecule has 2 aromatic carbocycles. The topological polar surface area (TPSA) is 4.93 Å². The Morgan fingerprint density at radius 3 is 2.61 bits per heavy atom. The molecule has 0 saturated heterocycles. The molecule has 0 unspecified atom stereocenters. The highest BCUT2D eigenvalue weighted by molar-refractivity contribution is 9.10. The third kappa shape index (κ3) is 1.76. The van der Waals surface area contributed by atoms with Crippen molar-refractivity contribution in [2.75, 3.05) is 0 Å². The van der Waals surface area contributed by atoms with Crippen LogP contribution in [0.1, 0.15) is 19.8 Å². The molecule has 1 aromatic heterocycles. The van der Waals surface area contributed by atoms with Gasteiger partial charge in [0.2, 0.25) is 0 Å². The zero-order chi connectivity index (χ0) is 12.5. The average molecular weight is 302 g/mol. The fourth-order valence-corrected chi connectivity index (χ4v) is 3.19. The number of fused-ring (bicyclic) bond motifs is 3. The number of nitrogens with zero attached hydrogens (tertiary/aromatic N) is 1. The number of hydrogen-bond acceptors (Lipinski definition) is 0. The van der Waals surface area contributed by atoms with E-state index < -0.39 is 0 Å².